The van der Waals surface area contributed by atoms with Gasteiger partial charge in [-0.3, -0.25) is 4.98 Å². The Morgan fingerprint density at radius 3 is 3.00 bits per heavy atom. The largest absolute Gasteiger partial charge is 0.256 e. The second-order valence-corrected chi connectivity index (χ2v) is 2.66. The van der Waals surface area contributed by atoms with E-state index in [9.17, 15) is 0 Å². The molecule has 0 aromatic heterocycles. The molecular formula is C11H9N. The molecule has 0 N–H and O–H groups in total. The van der Waals surface area contributed by atoms with Crippen molar-refractivity contribution in [3.63, 3.8) is 0 Å². The second-order valence-electron chi connectivity index (χ2n) is 2.66. The fourth-order valence-electron chi connectivity index (χ4n) is 1.22. The lowest BCUT2D eigenvalue weighted by molar-refractivity contribution is 1.42. The normalized spacial score (nSPS) is 10.0. The topological polar surface area (TPSA) is 12.9 Å². The number of aromatic nitrogens is 1. The van der Waals surface area contributed by atoms with Crippen LogP contribution >= 0.6 is 0 Å². The summed E-state index contributed by atoms with van der Waals surface area (Å²) in [4.78, 5) is 4.20. The number of hydrogen-bond donors (Lipinski definition) is 0. The molecule has 0 fully saturated rings. The van der Waals surface area contributed by atoms with Gasteiger partial charge in [-0.2, -0.15) is 0 Å². The third-order valence-electron chi connectivity index (χ3n) is 1.86. The van der Waals surface area contributed by atoms with Gasteiger partial charge in [-0.05, 0) is 23.8 Å². The van der Waals surface area contributed by atoms with Gasteiger partial charge in [0.2, 0.25) is 0 Å². The van der Waals surface area contributed by atoms with Gasteiger partial charge in [-0.25, -0.2) is 0 Å². The van der Waals surface area contributed by atoms with Gasteiger partial charge >= 0.3 is 0 Å². The molecule has 0 aromatic carbocycles. The first-order valence-electron chi connectivity index (χ1n) is 3.87. The Bertz CT molecular complexity index is 379. The number of hydrogen-bond acceptors (Lipinski definition) is 1. The van der Waals surface area contributed by atoms with Crippen LogP contribution in [0.2, 0.25) is 0 Å². The van der Waals surface area contributed by atoms with Crippen LogP contribution in [-0.4, -0.2) is 4.98 Å². The Hall–Kier alpha value is -1.63. The van der Waals surface area contributed by atoms with E-state index in [4.69, 9.17) is 0 Å². The van der Waals surface area contributed by atoms with Crippen molar-refractivity contribution < 1.29 is 0 Å². The molecule has 0 radical (unpaired) electrons. The lowest BCUT2D eigenvalue weighted by Gasteiger charge is -1.87. The van der Waals surface area contributed by atoms with E-state index in [1.807, 2.05) is 36.5 Å². The zero-order valence-electron chi connectivity index (χ0n) is 6.70. The van der Waals surface area contributed by atoms with Crippen molar-refractivity contribution in [3.8, 4) is 11.3 Å². The summed E-state index contributed by atoms with van der Waals surface area (Å²) in [6, 6.07) is 10.1. The summed E-state index contributed by atoms with van der Waals surface area (Å²) in [5.41, 5.74) is 3.32. The predicted octanol–water partition coefficient (Wildman–Crippen LogP) is 2.83. The molecule has 0 bridgehead atoms. The molecule has 1 aliphatic carbocycles. The Kier molecular flexibility index (Phi) is 1.63. The summed E-state index contributed by atoms with van der Waals surface area (Å²) in [6.45, 7) is 3.73. The van der Waals surface area contributed by atoms with E-state index < -0.39 is 0 Å². The zero-order valence-corrected chi connectivity index (χ0v) is 6.70. The first-order valence-corrected chi connectivity index (χ1v) is 3.87. The lowest BCUT2D eigenvalue weighted by Crippen LogP contribution is -1.67. The Balaban J connectivity index is 2.68. The standard InChI is InChI=1S/C11H9N/c1-2-9-4-3-5-11-10(8-9)6-7-12-11/h2-8H,1H2. The van der Waals surface area contributed by atoms with Crippen molar-refractivity contribution >= 4 is 6.08 Å². The van der Waals surface area contributed by atoms with Crippen molar-refractivity contribution in [2.24, 2.45) is 0 Å². The molecule has 0 aromatic rings. The van der Waals surface area contributed by atoms with Crippen molar-refractivity contribution in [1.29, 1.82) is 0 Å². The average Bonchev–Trinajstić information content (AvgIpc) is 2.43. The Morgan fingerprint density at radius 2 is 2.17 bits per heavy atom. The van der Waals surface area contributed by atoms with Crippen LogP contribution in [0.25, 0.3) is 17.3 Å². The second kappa shape index (κ2) is 2.78. The van der Waals surface area contributed by atoms with Crippen LogP contribution in [0.1, 0.15) is 5.56 Å². The van der Waals surface area contributed by atoms with Crippen molar-refractivity contribution in [1.82, 2.24) is 4.98 Å². The van der Waals surface area contributed by atoms with Crippen LogP contribution in [0, 0.1) is 0 Å². The van der Waals surface area contributed by atoms with Gasteiger partial charge in [-0.15, -0.1) is 0 Å². The van der Waals surface area contributed by atoms with E-state index >= 15 is 0 Å². The molecule has 0 saturated heterocycles. The van der Waals surface area contributed by atoms with Gasteiger partial charge in [0, 0.05) is 11.8 Å². The molecule has 1 heteroatoms. The van der Waals surface area contributed by atoms with Gasteiger partial charge in [0.1, 0.15) is 0 Å². The SMILES string of the molecule is C=Cc1cccc2nccc-2c1. The maximum absolute atomic E-state index is 4.20. The van der Waals surface area contributed by atoms with Crippen LogP contribution in [0.4, 0.5) is 0 Å². The third-order valence-corrected chi connectivity index (χ3v) is 1.86. The van der Waals surface area contributed by atoms with E-state index in [0.717, 1.165) is 16.8 Å². The minimum absolute atomic E-state index is 1.03. The molecule has 1 heterocycles. The van der Waals surface area contributed by atoms with Crippen LogP contribution in [-0.2, 0) is 0 Å². The lowest BCUT2D eigenvalue weighted by atomic mass is 10.2. The Labute approximate surface area is 71.7 Å². The van der Waals surface area contributed by atoms with Gasteiger partial charge in [0.05, 0.1) is 5.69 Å². The van der Waals surface area contributed by atoms with E-state index in [0.29, 0.717) is 0 Å². The monoisotopic (exact) mass is 155 g/mol. The Morgan fingerprint density at radius 1 is 1.25 bits per heavy atom. The minimum Gasteiger partial charge on any atom is -0.256 e. The molecule has 2 rings (SSSR count). The zero-order chi connectivity index (χ0) is 8.39. The molecule has 1 nitrogen and oxygen atoms in total. The van der Waals surface area contributed by atoms with Crippen LogP contribution in [0.5, 0.6) is 0 Å². The summed E-state index contributed by atoms with van der Waals surface area (Å²) in [6.07, 6.45) is 3.66. The van der Waals surface area contributed by atoms with E-state index in [2.05, 4.69) is 17.6 Å². The highest BCUT2D eigenvalue weighted by atomic mass is 14.7. The van der Waals surface area contributed by atoms with Crippen molar-refractivity contribution in [2.45, 2.75) is 0 Å². The smallest absolute Gasteiger partial charge is 0.0702 e. The van der Waals surface area contributed by atoms with E-state index in [-0.39, 0.29) is 0 Å². The van der Waals surface area contributed by atoms with Gasteiger partial charge in [0.25, 0.3) is 0 Å². The summed E-state index contributed by atoms with van der Waals surface area (Å²) >= 11 is 0. The average molecular weight is 155 g/mol. The highest BCUT2D eigenvalue weighted by Gasteiger charge is 1.99. The molecule has 12 heavy (non-hydrogen) atoms. The molecule has 0 unspecified atom stereocenters. The van der Waals surface area contributed by atoms with Crippen LogP contribution in [0.3, 0.4) is 0 Å². The third kappa shape index (κ3) is 1.10. The molecule has 0 saturated carbocycles. The fourth-order valence-corrected chi connectivity index (χ4v) is 1.22. The molecule has 1 aliphatic heterocycles. The maximum Gasteiger partial charge on any atom is 0.0702 e. The fraction of sp³-hybridized carbons (Fsp3) is 0. The first kappa shape index (κ1) is 7.04. The van der Waals surface area contributed by atoms with Crippen LogP contribution in [0.15, 0.2) is 43.1 Å². The first-order chi connectivity index (χ1) is 5.90. The molecule has 2 aliphatic rings. The van der Waals surface area contributed by atoms with Gasteiger partial charge in [-0.1, -0.05) is 24.8 Å². The van der Waals surface area contributed by atoms with Gasteiger partial charge in [0.15, 0.2) is 0 Å². The van der Waals surface area contributed by atoms with Crippen molar-refractivity contribution in [3.05, 3.63) is 48.7 Å². The molecule has 0 amide bonds. The molecule has 0 atom stereocenters. The predicted molar refractivity (Wildman–Crippen MR) is 51.0 cm³/mol. The number of nitrogens with zero attached hydrogens (tertiary/aromatic N) is 1. The molecular weight excluding hydrogens is 146 g/mol. The number of rotatable bonds is 1. The van der Waals surface area contributed by atoms with Crippen LogP contribution < -0.4 is 0 Å². The van der Waals surface area contributed by atoms with E-state index in [1.165, 1.54) is 0 Å². The quantitative estimate of drug-likeness (QED) is 0.617. The maximum atomic E-state index is 4.20. The number of fused-ring (bicyclic) bond motifs is 1. The molecule has 58 valence electrons. The van der Waals surface area contributed by atoms with Crippen molar-refractivity contribution in [2.75, 3.05) is 0 Å². The van der Waals surface area contributed by atoms with Gasteiger partial charge < -0.3 is 0 Å². The highest BCUT2D eigenvalue weighted by Crippen LogP contribution is 2.19. The summed E-state index contributed by atoms with van der Waals surface area (Å²) < 4.78 is 0. The summed E-state index contributed by atoms with van der Waals surface area (Å²) in [5, 5.41) is 0. The molecule has 0 spiro atoms. The minimum atomic E-state index is 1.03. The summed E-state index contributed by atoms with van der Waals surface area (Å²) in [7, 11) is 0. The summed E-state index contributed by atoms with van der Waals surface area (Å²) in [5.74, 6) is 0. The van der Waals surface area contributed by atoms with E-state index in [1.54, 1.807) is 0 Å². The highest BCUT2D eigenvalue weighted by molar-refractivity contribution is 5.64.